The molecule has 4 heteroatoms. The monoisotopic (exact) mass is 270 g/mol. The fraction of sp³-hybridized carbons (Fsp3) is 0.571. The highest BCUT2D eigenvalue weighted by Gasteiger charge is 2.21. The van der Waals surface area contributed by atoms with Crippen LogP contribution in [0.4, 0.5) is 0 Å². The van der Waals surface area contributed by atoms with E-state index < -0.39 is 0 Å². The number of nitrogens with one attached hydrogen (secondary N) is 1. The SMILES string of the molecule is COC(C)(C)CCC(NN)c1cccc(C)c1Cl. The summed E-state index contributed by atoms with van der Waals surface area (Å²) in [6, 6.07) is 6.06. The summed E-state index contributed by atoms with van der Waals surface area (Å²) in [5.41, 5.74) is 4.81. The molecule has 18 heavy (non-hydrogen) atoms. The van der Waals surface area contributed by atoms with Gasteiger partial charge in [-0.25, -0.2) is 0 Å². The topological polar surface area (TPSA) is 47.3 Å². The maximum absolute atomic E-state index is 6.32. The van der Waals surface area contributed by atoms with Crippen molar-refractivity contribution in [1.29, 1.82) is 0 Å². The van der Waals surface area contributed by atoms with Gasteiger partial charge in [-0.05, 0) is 44.7 Å². The molecule has 1 unspecified atom stereocenters. The lowest BCUT2D eigenvalue weighted by Gasteiger charge is -2.26. The minimum Gasteiger partial charge on any atom is -0.379 e. The summed E-state index contributed by atoms with van der Waals surface area (Å²) >= 11 is 6.32. The highest BCUT2D eigenvalue weighted by molar-refractivity contribution is 6.32. The molecule has 102 valence electrons. The summed E-state index contributed by atoms with van der Waals surface area (Å²) in [7, 11) is 1.73. The zero-order valence-corrected chi connectivity index (χ0v) is 12.3. The third-order valence-corrected chi connectivity index (χ3v) is 3.90. The van der Waals surface area contributed by atoms with E-state index in [4.69, 9.17) is 22.2 Å². The molecule has 0 aliphatic heterocycles. The summed E-state index contributed by atoms with van der Waals surface area (Å²) in [5.74, 6) is 5.65. The van der Waals surface area contributed by atoms with Gasteiger partial charge < -0.3 is 4.74 Å². The van der Waals surface area contributed by atoms with Gasteiger partial charge in [0.2, 0.25) is 0 Å². The Labute approximate surface area is 115 Å². The van der Waals surface area contributed by atoms with Crippen LogP contribution in [0, 0.1) is 6.92 Å². The molecule has 1 aromatic rings. The Morgan fingerprint density at radius 2 is 2.11 bits per heavy atom. The molecule has 0 aliphatic carbocycles. The van der Waals surface area contributed by atoms with Crippen molar-refractivity contribution >= 4 is 11.6 Å². The van der Waals surface area contributed by atoms with Gasteiger partial charge in [-0.2, -0.15) is 0 Å². The lowest BCUT2D eigenvalue weighted by molar-refractivity contribution is 0.0117. The van der Waals surface area contributed by atoms with E-state index >= 15 is 0 Å². The van der Waals surface area contributed by atoms with E-state index in [2.05, 4.69) is 19.3 Å². The normalized spacial score (nSPS) is 13.7. The average Bonchev–Trinajstić information content (AvgIpc) is 2.35. The van der Waals surface area contributed by atoms with Gasteiger partial charge in [-0.3, -0.25) is 11.3 Å². The van der Waals surface area contributed by atoms with Gasteiger partial charge in [-0.15, -0.1) is 0 Å². The first kappa shape index (κ1) is 15.4. The molecule has 3 nitrogen and oxygen atoms in total. The van der Waals surface area contributed by atoms with E-state index in [-0.39, 0.29) is 11.6 Å². The number of aryl methyl sites for hydroxylation is 1. The number of benzene rings is 1. The van der Waals surface area contributed by atoms with Crippen molar-refractivity contribution in [1.82, 2.24) is 5.43 Å². The molecule has 0 saturated heterocycles. The molecule has 0 aromatic heterocycles. The maximum Gasteiger partial charge on any atom is 0.0623 e. The van der Waals surface area contributed by atoms with E-state index in [1.807, 2.05) is 25.1 Å². The van der Waals surface area contributed by atoms with Gasteiger partial charge in [0.15, 0.2) is 0 Å². The second-order valence-corrected chi connectivity index (χ2v) is 5.58. The lowest BCUT2D eigenvalue weighted by Crippen LogP contribution is -2.31. The zero-order valence-electron chi connectivity index (χ0n) is 11.6. The third kappa shape index (κ3) is 3.95. The smallest absolute Gasteiger partial charge is 0.0623 e. The molecule has 0 heterocycles. The van der Waals surface area contributed by atoms with Crippen molar-refractivity contribution < 1.29 is 4.74 Å². The van der Waals surface area contributed by atoms with Crippen molar-refractivity contribution in [2.24, 2.45) is 5.84 Å². The van der Waals surface area contributed by atoms with Crippen LogP contribution in [-0.4, -0.2) is 12.7 Å². The van der Waals surface area contributed by atoms with Gasteiger partial charge in [0, 0.05) is 18.2 Å². The molecule has 1 rings (SSSR count). The number of methoxy groups -OCH3 is 1. The van der Waals surface area contributed by atoms with Gasteiger partial charge in [0.1, 0.15) is 0 Å². The molecule has 0 spiro atoms. The number of ether oxygens (including phenoxy) is 1. The number of rotatable bonds is 6. The molecule has 1 atom stereocenters. The predicted molar refractivity (Wildman–Crippen MR) is 76.6 cm³/mol. The number of nitrogens with two attached hydrogens (primary N) is 1. The largest absolute Gasteiger partial charge is 0.379 e. The van der Waals surface area contributed by atoms with Crippen molar-refractivity contribution in [2.45, 2.75) is 45.3 Å². The number of halogens is 1. The van der Waals surface area contributed by atoms with Crippen LogP contribution in [0.3, 0.4) is 0 Å². The highest BCUT2D eigenvalue weighted by atomic mass is 35.5. The standard InChI is InChI=1S/C14H23ClN2O/c1-10-6-5-7-11(13(10)15)12(17-16)8-9-14(2,3)18-4/h5-7,12,17H,8-9,16H2,1-4H3. The number of hydrogen-bond acceptors (Lipinski definition) is 3. The second-order valence-electron chi connectivity index (χ2n) is 5.20. The Balaban J connectivity index is 2.81. The molecule has 3 N–H and O–H groups in total. The Kier molecular flexibility index (Phi) is 5.60. The summed E-state index contributed by atoms with van der Waals surface area (Å²) in [6.45, 7) is 6.13. The third-order valence-electron chi connectivity index (χ3n) is 3.39. The number of hydrogen-bond donors (Lipinski definition) is 2. The molecular formula is C14H23ClN2O. The zero-order chi connectivity index (χ0) is 13.8. The van der Waals surface area contributed by atoms with Crippen LogP contribution in [0.2, 0.25) is 5.02 Å². The van der Waals surface area contributed by atoms with E-state index in [0.29, 0.717) is 0 Å². The summed E-state index contributed by atoms with van der Waals surface area (Å²) in [6.07, 6.45) is 1.78. The molecule has 0 amide bonds. The van der Waals surface area contributed by atoms with Crippen molar-refractivity contribution in [2.75, 3.05) is 7.11 Å². The molecule has 0 fully saturated rings. The Morgan fingerprint density at radius 1 is 1.44 bits per heavy atom. The summed E-state index contributed by atoms with van der Waals surface area (Å²) in [4.78, 5) is 0. The van der Waals surface area contributed by atoms with Crippen LogP contribution < -0.4 is 11.3 Å². The minimum absolute atomic E-state index is 0.0480. The van der Waals surface area contributed by atoms with Crippen LogP contribution in [0.25, 0.3) is 0 Å². The average molecular weight is 271 g/mol. The maximum atomic E-state index is 6.32. The lowest BCUT2D eigenvalue weighted by atomic mass is 9.94. The van der Waals surface area contributed by atoms with Crippen molar-refractivity contribution in [3.8, 4) is 0 Å². The number of hydrazine groups is 1. The van der Waals surface area contributed by atoms with Crippen molar-refractivity contribution in [3.05, 3.63) is 34.3 Å². The quantitative estimate of drug-likeness (QED) is 0.616. The van der Waals surface area contributed by atoms with E-state index in [1.54, 1.807) is 7.11 Å². The Morgan fingerprint density at radius 3 is 2.67 bits per heavy atom. The first-order valence-electron chi connectivity index (χ1n) is 6.17. The molecule has 0 saturated carbocycles. The van der Waals surface area contributed by atoms with Crippen LogP contribution in [0.5, 0.6) is 0 Å². The molecular weight excluding hydrogens is 248 g/mol. The first-order valence-corrected chi connectivity index (χ1v) is 6.55. The molecule has 1 aromatic carbocycles. The summed E-state index contributed by atoms with van der Waals surface area (Å²) in [5, 5.41) is 0.788. The van der Waals surface area contributed by atoms with Crippen LogP contribution in [-0.2, 0) is 4.74 Å². The van der Waals surface area contributed by atoms with Crippen LogP contribution >= 0.6 is 11.6 Å². The minimum atomic E-state index is -0.147. The van der Waals surface area contributed by atoms with E-state index in [1.165, 1.54) is 0 Å². The Bertz CT molecular complexity index is 393. The molecule has 0 aliphatic rings. The highest BCUT2D eigenvalue weighted by Crippen LogP contribution is 2.30. The first-order chi connectivity index (χ1) is 8.41. The molecule has 0 bridgehead atoms. The Hall–Kier alpha value is -0.610. The molecule has 0 radical (unpaired) electrons. The fourth-order valence-corrected chi connectivity index (χ4v) is 2.12. The van der Waals surface area contributed by atoms with Crippen LogP contribution in [0.1, 0.15) is 43.9 Å². The van der Waals surface area contributed by atoms with Gasteiger partial charge in [0.25, 0.3) is 0 Å². The predicted octanol–water partition coefficient (Wildman–Crippen LogP) is 3.36. The summed E-state index contributed by atoms with van der Waals surface area (Å²) < 4.78 is 5.42. The second kappa shape index (κ2) is 6.53. The fourth-order valence-electron chi connectivity index (χ4n) is 1.86. The van der Waals surface area contributed by atoms with Gasteiger partial charge in [-0.1, -0.05) is 29.8 Å². The van der Waals surface area contributed by atoms with E-state index in [0.717, 1.165) is 29.0 Å². The van der Waals surface area contributed by atoms with Crippen molar-refractivity contribution in [3.63, 3.8) is 0 Å². The van der Waals surface area contributed by atoms with E-state index in [9.17, 15) is 0 Å². The van der Waals surface area contributed by atoms with Gasteiger partial charge >= 0.3 is 0 Å². The van der Waals surface area contributed by atoms with Gasteiger partial charge in [0.05, 0.1) is 5.60 Å². The van der Waals surface area contributed by atoms with Crippen LogP contribution in [0.15, 0.2) is 18.2 Å².